The average Bonchev–Trinajstić information content (AvgIpc) is 3.44. The highest BCUT2D eigenvalue weighted by Gasteiger charge is 2.29. The summed E-state index contributed by atoms with van der Waals surface area (Å²) in [4.78, 5) is 25.6. The van der Waals surface area contributed by atoms with Gasteiger partial charge in [-0.1, -0.05) is 12.1 Å². The van der Waals surface area contributed by atoms with Gasteiger partial charge in [-0.25, -0.2) is 9.07 Å². The van der Waals surface area contributed by atoms with Gasteiger partial charge in [-0.2, -0.15) is 10.2 Å². The van der Waals surface area contributed by atoms with Crippen LogP contribution in [0.1, 0.15) is 54.4 Å². The van der Waals surface area contributed by atoms with Crippen molar-refractivity contribution < 1.29 is 9.18 Å². The van der Waals surface area contributed by atoms with Gasteiger partial charge in [0, 0.05) is 0 Å². The van der Waals surface area contributed by atoms with Gasteiger partial charge >= 0.3 is 0 Å². The van der Waals surface area contributed by atoms with Crippen LogP contribution >= 0.6 is 0 Å². The molecule has 152 valence electrons. The first-order chi connectivity index (χ1) is 13.8. The van der Waals surface area contributed by atoms with Crippen LogP contribution < -0.4 is 10.9 Å². The Kier molecular flexibility index (Phi) is 4.72. The first kappa shape index (κ1) is 19.3. The van der Waals surface area contributed by atoms with E-state index in [1.807, 2.05) is 13.8 Å². The van der Waals surface area contributed by atoms with Crippen molar-refractivity contribution in [2.45, 2.75) is 59.2 Å². The van der Waals surface area contributed by atoms with Crippen LogP contribution in [-0.2, 0) is 11.3 Å². The van der Waals surface area contributed by atoms with Gasteiger partial charge in [-0.05, 0) is 57.7 Å². The molecule has 4 rings (SSSR count). The fourth-order valence-electron chi connectivity index (χ4n) is 3.66. The summed E-state index contributed by atoms with van der Waals surface area (Å²) in [6.45, 7) is 6.95. The molecule has 1 aromatic carbocycles. The van der Waals surface area contributed by atoms with Crippen molar-refractivity contribution >= 4 is 16.8 Å². The van der Waals surface area contributed by atoms with Crippen LogP contribution in [0.2, 0.25) is 0 Å². The predicted octanol–water partition coefficient (Wildman–Crippen LogP) is 2.87. The molecule has 1 N–H and O–H groups in total. The molecule has 3 aromatic rings. The molecule has 7 nitrogen and oxygen atoms in total. The molecule has 1 fully saturated rings. The van der Waals surface area contributed by atoms with Gasteiger partial charge in [0.1, 0.15) is 17.9 Å². The van der Waals surface area contributed by atoms with Crippen molar-refractivity contribution in [2.24, 2.45) is 0 Å². The largest absolute Gasteiger partial charge is 0.348 e. The standard InChI is InChI=1S/C21H24FN5O2/c1-11-5-6-15(9-17(11)22)12(2)23-18(28)10-26-21(29)20-19(13(3)24-26)14(4)25-27(20)16-7-8-16/h5-6,9,12,16H,7-8,10H2,1-4H3,(H,23,28)/t12-/m0/s1. The number of benzene rings is 1. The molecule has 29 heavy (non-hydrogen) atoms. The van der Waals surface area contributed by atoms with Gasteiger partial charge in [0.25, 0.3) is 5.56 Å². The number of nitrogens with zero attached hydrogens (tertiary/aromatic N) is 4. The molecule has 1 saturated carbocycles. The van der Waals surface area contributed by atoms with Gasteiger partial charge in [0.05, 0.1) is 28.9 Å². The maximum absolute atomic E-state index is 13.8. The molecule has 8 heteroatoms. The second-order valence-electron chi connectivity index (χ2n) is 7.83. The van der Waals surface area contributed by atoms with Gasteiger partial charge in [0.2, 0.25) is 5.91 Å². The number of aryl methyl sites for hydroxylation is 3. The van der Waals surface area contributed by atoms with Gasteiger partial charge in [-0.15, -0.1) is 0 Å². The molecule has 0 aliphatic heterocycles. The van der Waals surface area contributed by atoms with Crippen molar-refractivity contribution in [1.82, 2.24) is 24.9 Å². The van der Waals surface area contributed by atoms with Gasteiger partial charge in [-0.3, -0.25) is 14.3 Å². The van der Waals surface area contributed by atoms with Crippen LogP contribution in [0.4, 0.5) is 4.39 Å². The Hall–Kier alpha value is -3.03. The zero-order chi connectivity index (χ0) is 20.9. The number of rotatable bonds is 5. The van der Waals surface area contributed by atoms with Crippen LogP contribution in [0.5, 0.6) is 0 Å². The van der Waals surface area contributed by atoms with Crippen molar-refractivity contribution in [1.29, 1.82) is 0 Å². The Bertz CT molecular complexity index is 1180. The highest BCUT2D eigenvalue weighted by Crippen LogP contribution is 2.36. The molecule has 0 radical (unpaired) electrons. The maximum Gasteiger partial charge on any atom is 0.293 e. The molecule has 0 unspecified atom stereocenters. The first-order valence-corrected chi connectivity index (χ1v) is 9.78. The number of fused-ring (bicyclic) bond motifs is 1. The van der Waals surface area contributed by atoms with Crippen LogP contribution in [0, 0.1) is 26.6 Å². The molecule has 2 heterocycles. The summed E-state index contributed by atoms with van der Waals surface area (Å²) >= 11 is 0. The van der Waals surface area contributed by atoms with E-state index in [0.717, 1.165) is 23.9 Å². The topological polar surface area (TPSA) is 81.8 Å². The second-order valence-corrected chi connectivity index (χ2v) is 7.83. The minimum Gasteiger partial charge on any atom is -0.348 e. The Morgan fingerprint density at radius 1 is 1.24 bits per heavy atom. The number of carbonyl (C=O) groups excluding carboxylic acids is 1. The molecular weight excluding hydrogens is 373 g/mol. The van der Waals surface area contributed by atoms with Gasteiger partial charge < -0.3 is 5.32 Å². The van der Waals surface area contributed by atoms with Crippen molar-refractivity contribution in [2.75, 3.05) is 0 Å². The van der Waals surface area contributed by atoms with E-state index in [0.29, 0.717) is 22.3 Å². The molecular formula is C21H24FN5O2. The highest BCUT2D eigenvalue weighted by molar-refractivity contribution is 5.83. The van der Waals surface area contributed by atoms with Crippen molar-refractivity contribution in [3.05, 3.63) is 56.9 Å². The number of hydrogen-bond acceptors (Lipinski definition) is 4. The maximum atomic E-state index is 13.8. The van der Waals surface area contributed by atoms with Crippen LogP contribution in [0.3, 0.4) is 0 Å². The minimum atomic E-state index is -0.391. The molecule has 2 aromatic heterocycles. The van der Waals surface area contributed by atoms with E-state index < -0.39 is 6.04 Å². The highest BCUT2D eigenvalue weighted by atomic mass is 19.1. The summed E-state index contributed by atoms with van der Waals surface area (Å²) in [7, 11) is 0. The summed E-state index contributed by atoms with van der Waals surface area (Å²) < 4.78 is 16.8. The Morgan fingerprint density at radius 3 is 2.59 bits per heavy atom. The molecule has 0 saturated heterocycles. The third-order valence-corrected chi connectivity index (χ3v) is 5.41. The van der Waals surface area contributed by atoms with E-state index in [1.165, 1.54) is 10.7 Å². The Labute approximate surface area is 167 Å². The van der Waals surface area contributed by atoms with Crippen molar-refractivity contribution in [3.63, 3.8) is 0 Å². The number of nitrogens with one attached hydrogen (secondary N) is 1. The minimum absolute atomic E-state index is 0.205. The Morgan fingerprint density at radius 2 is 1.93 bits per heavy atom. The van der Waals surface area contributed by atoms with E-state index in [4.69, 9.17) is 0 Å². The number of amides is 1. The molecule has 1 aliphatic carbocycles. The van der Waals surface area contributed by atoms with Crippen LogP contribution in [0.15, 0.2) is 23.0 Å². The number of hydrogen-bond donors (Lipinski definition) is 1. The SMILES string of the molecule is Cc1ccc([C@H](C)NC(=O)Cn2nc(C)c3c(C)nn(C4CC4)c3c2=O)cc1F. The summed E-state index contributed by atoms with van der Waals surface area (Å²) in [5.74, 6) is -0.674. The van der Waals surface area contributed by atoms with Crippen LogP contribution in [0.25, 0.3) is 10.9 Å². The smallest absolute Gasteiger partial charge is 0.293 e. The lowest BCUT2D eigenvalue weighted by Gasteiger charge is -2.15. The summed E-state index contributed by atoms with van der Waals surface area (Å²) in [5, 5.41) is 12.4. The Balaban J connectivity index is 1.59. The fourth-order valence-corrected chi connectivity index (χ4v) is 3.66. The van der Waals surface area contributed by atoms with E-state index in [9.17, 15) is 14.0 Å². The second kappa shape index (κ2) is 7.09. The molecule has 1 atom stereocenters. The quantitative estimate of drug-likeness (QED) is 0.718. The zero-order valence-electron chi connectivity index (χ0n) is 17.0. The number of aromatic nitrogens is 4. The fraction of sp³-hybridized carbons (Fsp3) is 0.429. The van der Waals surface area contributed by atoms with Crippen LogP contribution in [-0.4, -0.2) is 25.5 Å². The zero-order valence-corrected chi connectivity index (χ0v) is 17.0. The molecule has 1 aliphatic rings. The lowest BCUT2D eigenvalue weighted by atomic mass is 10.1. The number of carbonyl (C=O) groups is 1. The lowest BCUT2D eigenvalue weighted by Crippen LogP contribution is -2.35. The molecule has 0 bridgehead atoms. The van der Waals surface area contributed by atoms with Crippen molar-refractivity contribution in [3.8, 4) is 0 Å². The summed E-state index contributed by atoms with van der Waals surface area (Å²) in [5.41, 5.74) is 2.86. The number of halogens is 1. The molecule has 0 spiro atoms. The van der Waals surface area contributed by atoms with E-state index >= 15 is 0 Å². The lowest BCUT2D eigenvalue weighted by molar-refractivity contribution is -0.122. The van der Waals surface area contributed by atoms with E-state index in [-0.39, 0.29) is 29.9 Å². The predicted molar refractivity (Wildman–Crippen MR) is 107 cm³/mol. The monoisotopic (exact) mass is 397 g/mol. The molecule has 1 amide bonds. The summed E-state index contributed by atoms with van der Waals surface area (Å²) in [6.07, 6.45) is 2.00. The van der Waals surface area contributed by atoms with E-state index in [1.54, 1.807) is 30.7 Å². The first-order valence-electron chi connectivity index (χ1n) is 9.78. The summed E-state index contributed by atoms with van der Waals surface area (Å²) in [6, 6.07) is 4.73. The average molecular weight is 397 g/mol. The van der Waals surface area contributed by atoms with Gasteiger partial charge in [0.15, 0.2) is 0 Å². The normalized spacial score (nSPS) is 14.9. The van der Waals surface area contributed by atoms with E-state index in [2.05, 4.69) is 15.5 Å². The third kappa shape index (κ3) is 3.54. The third-order valence-electron chi connectivity index (χ3n) is 5.41.